The number of rotatable bonds is 2. The predicted molar refractivity (Wildman–Crippen MR) is 77.5 cm³/mol. The van der Waals surface area contributed by atoms with E-state index in [2.05, 4.69) is 15.3 Å². The van der Waals surface area contributed by atoms with Gasteiger partial charge in [0, 0.05) is 11.7 Å². The lowest BCUT2D eigenvalue weighted by molar-refractivity contribution is 0.0918. The number of carbonyl (C=O) groups excluding carboxylic acids is 1. The Morgan fingerprint density at radius 3 is 2.50 bits per heavy atom. The van der Waals surface area contributed by atoms with Gasteiger partial charge in [0.1, 0.15) is 5.56 Å². The normalized spacial score (nSPS) is 11.2. The van der Waals surface area contributed by atoms with Gasteiger partial charge in [-0.1, -0.05) is 6.07 Å². The Morgan fingerprint density at radius 2 is 1.95 bits per heavy atom. The predicted octanol–water partition coefficient (Wildman–Crippen LogP) is 1.97. The maximum absolute atomic E-state index is 12.0. The van der Waals surface area contributed by atoms with Crippen LogP contribution >= 0.6 is 0 Å². The summed E-state index contributed by atoms with van der Waals surface area (Å²) in [6.45, 7) is 5.59. The number of nitrogens with one attached hydrogen (secondary N) is 2. The van der Waals surface area contributed by atoms with Crippen LogP contribution in [0.5, 0.6) is 0 Å². The van der Waals surface area contributed by atoms with E-state index in [0.29, 0.717) is 11.4 Å². The largest absolute Gasteiger partial charge is 0.347 e. The summed E-state index contributed by atoms with van der Waals surface area (Å²) >= 11 is 0. The summed E-state index contributed by atoms with van der Waals surface area (Å²) in [5, 5.41) is 2.76. The quantitative estimate of drug-likeness (QED) is 0.876. The van der Waals surface area contributed by atoms with Gasteiger partial charge in [-0.25, -0.2) is 0 Å². The smallest absolute Gasteiger partial charge is 0.261 e. The summed E-state index contributed by atoms with van der Waals surface area (Å²) in [5.74, 6) is -0.383. The number of hydrogen-bond acceptors (Lipinski definition) is 3. The van der Waals surface area contributed by atoms with Crippen LogP contribution in [-0.2, 0) is 0 Å². The molecule has 2 heterocycles. The molecule has 20 heavy (non-hydrogen) atoms. The molecule has 0 fully saturated rings. The molecule has 0 unspecified atom stereocenters. The van der Waals surface area contributed by atoms with Gasteiger partial charge >= 0.3 is 0 Å². The first-order valence-electron chi connectivity index (χ1n) is 6.34. The fourth-order valence-corrected chi connectivity index (χ4v) is 1.73. The van der Waals surface area contributed by atoms with Crippen molar-refractivity contribution in [3.63, 3.8) is 0 Å². The van der Waals surface area contributed by atoms with Gasteiger partial charge in [0.05, 0.1) is 11.4 Å². The minimum absolute atomic E-state index is 0.0969. The first kappa shape index (κ1) is 14.0. The molecule has 0 saturated carbocycles. The highest BCUT2D eigenvalue weighted by Gasteiger charge is 2.18. The van der Waals surface area contributed by atoms with Crippen molar-refractivity contribution >= 4 is 5.91 Å². The highest BCUT2D eigenvalue weighted by Crippen LogP contribution is 2.11. The minimum Gasteiger partial charge on any atom is -0.347 e. The van der Waals surface area contributed by atoms with Crippen molar-refractivity contribution in [2.24, 2.45) is 0 Å². The van der Waals surface area contributed by atoms with Crippen LogP contribution in [0.3, 0.4) is 0 Å². The number of pyridine rings is 2. The molecule has 2 aromatic rings. The Labute approximate surface area is 117 Å². The molecular weight excluding hydrogens is 254 g/mol. The molecule has 2 aromatic heterocycles. The number of amides is 1. The van der Waals surface area contributed by atoms with E-state index in [4.69, 9.17) is 0 Å². The fourth-order valence-electron chi connectivity index (χ4n) is 1.73. The first-order valence-corrected chi connectivity index (χ1v) is 6.34. The van der Waals surface area contributed by atoms with Crippen molar-refractivity contribution in [3.8, 4) is 11.4 Å². The lowest BCUT2D eigenvalue weighted by Gasteiger charge is -2.20. The molecule has 0 aliphatic heterocycles. The summed E-state index contributed by atoms with van der Waals surface area (Å²) in [6.07, 6.45) is 1.65. The van der Waals surface area contributed by atoms with E-state index >= 15 is 0 Å². The number of hydrogen-bond donors (Lipinski definition) is 2. The van der Waals surface area contributed by atoms with Crippen LogP contribution < -0.4 is 10.9 Å². The average Bonchev–Trinajstić information content (AvgIpc) is 2.37. The van der Waals surface area contributed by atoms with Crippen LogP contribution in [0.4, 0.5) is 0 Å². The number of aromatic amines is 1. The molecule has 2 rings (SSSR count). The third-order valence-electron chi connectivity index (χ3n) is 2.58. The highest BCUT2D eigenvalue weighted by atomic mass is 16.2. The standard InChI is InChI=1S/C15H17N3O2/c1-15(2,3)18-14(20)10-7-8-12(17-13(10)19)11-6-4-5-9-16-11/h4-9H,1-3H3,(H,17,19)(H,18,20). The van der Waals surface area contributed by atoms with Crippen LogP contribution in [0.2, 0.25) is 0 Å². The molecule has 5 heteroatoms. The van der Waals surface area contributed by atoms with Crippen LogP contribution in [0.15, 0.2) is 41.3 Å². The zero-order valence-corrected chi connectivity index (χ0v) is 11.7. The molecule has 0 radical (unpaired) electrons. The Morgan fingerprint density at radius 1 is 1.20 bits per heavy atom. The number of H-pyrrole nitrogens is 1. The van der Waals surface area contributed by atoms with Crippen molar-refractivity contribution in [2.45, 2.75) is 26.3 Å². The Balaban J connectivity index is 2.32. The molecule has 1 amide bonds. The van der Waals surface area contributed by atoms with Gasteiger partial charge in [0.25, 0.3) is 11.5 Å². The van der Waals surface area contributed by atoms with Gasteiger partial charge in [0.2, 0.25) is 0 Å². The second kappa shape index (κ2) is 5.28. The van der Waals surface area contributed by atoms with E-state index < -0.39 is 5.56 Å². The zero-order chi connectivity index (χ0) is 14.8. The molecular formula is C15H17N3O2. The Hall–Kier alpha value is -2.43. The SMILES string of the molecule is CC(C)(C)NC(=O)c1ccc(-c2ccccn2)[nH]c1=O. The van der Waals surface area contributed by atoms with Crippen LogP contribution in [0.1, 0.15) is 31.1 Å². The fraction of sp³-hybridized carbons (Fsp3) is 0.267. The molecule has 5 nitrogen and oxygen atoms in total. The second-order valence-electron chi connectivity index (χ2n) is 5.53. The van der Waals surface area contributed by atoms with Gasteiger partial charge in [-0.15, -0.1) is 0 Å². The Bertz CT molecular complexity index is 670. The van der Waals surface area contributed by atoms with E-state index in [1.807, 2.05) is 26.8 Å². The Kier molecular flexibility index (Phi) is 3.70. The molecule has 0 atom stereocenters. The monoisotopic (exact) mass is 271 g/mol. The van der Waals surface area contributed by atoms with Gasteiger partial charge < -0.3 is 10.3 Å². The summed E-state index contributed by atoms with van der Waals surface area (Å²) in [6, 6.07) is 8.62. The van der Waals surface area contributed by atoms with Crippen molar-refractivity contribution in [2.75, 3.05) is 0 Å². The number of carbonyl (C=O) groups is 1. The van der Waals surface area contributed by atoms with Crippen LogP contribution in [0.25, 0.3) is 11.4 Å². The number of aromatic nitrogens is 2. The molecule has 0 aromatic carbocycles. The highest BCUT2D eigenvalue weighted by molar-refractivity contribution is 5.94. The van der Waals surface area contributed by atoms with E-state index in [-0.39, 0.29) is 17.0 Å². The molecule has 0 aliphatic rings. The minimum atomic E-state index is -0.421. The molecule has 2 N–H and O–H groups in total. The van der Waals surface area contributed by atoms with Gasteiger partial charge in [-0.3, -0.25) is 14.6 Å². The van der Waals surface area contributed by atoms with Crippen molar-refractivity contribution < 1.29 is 4.79 Å². The maximum atomic E-state index is 12.0. The van der Waals surface area contributed by atoms with Gasteiger partial charge in [-0.2, -0.15) is 0 Å². The lowest BCUT2D eigenvalue weighted by Crippen LogP contribution is -2.42. The van der Waals surface area contributed by atoms with Crippen LogP contribution in [-0.4, -0.2) is 21.4 Å². The molecule has 0 spiro atoms. The van der Waals surface area contributed by atoms with Gasteiger partial charge in [-0.05, 0) is 45.0 Å². The van der Waals surface area contributed by atoms with E-state index in [9.17, 15) is 9.59 Å². The van der Waals surface area contributed by atoms with E-state index in [0.717, 1.165) is 0 Å². The third-order valence-corrected chi connectivity index (χ3v) is 2.58. The summed E-state index contributed by atoms with van der Waals surface area (Å²) in [7, 11) is 0. The molecule has 0 saturated heterocycles. The molecule has 0 aliphatic carbocycles. The lowest BCUT2D eigenvalue weighted by atomic mass is 10.1. The third kappa shape index (κ3) is 3.32. The number of nitrogens with zero attached hydrogens (tertiary/aromatic N) is 1. The van der Waals surface area contributed by atoms with E-state index in [1.165, 1.54) is 6.07 Å². The first-order chi connectivity index (χ1) is 9.37. The summed E-state index contributed by atoms with van der Waals surface area (Å²) < 4.78 is 0. The van der Waals surface area contributed by atoms with E-state index in [1.54, 1.807) is 24.4 Å². The van der Waals surface area contributed by atoms with Gasteiger partial charge in [0.15, 0.2) is 0 Å². The second-order valence-corrected chi connectivity index (χ2v) is 5.53. The summed E-state index contributed by atoms with van der Waals surface area (Å²) in [4.78, 5) is 30.8. The molecule has 0 bridgehead atoms. The van der Waals surface area contributed by atoms with Crippen molar-refractivity contribution in [1.82, 2.24) is 15.3 Å². The van der Waals surface area contributed by atoms with Crippen LogP contribution in [0, 0.1) is 0 Å². The maximum Gasteiger partial charge on any atom is 0.261 e. The zero-order valence-electron chi connectivity index (χ0n) is 11.7. The van der Waals surface area contributed by atoms with Crippen molar-refractivity contribution in [1.29, 1.82) is 0 Å². The summed E-state index contributed by atoms with van der Waals surface area (Å²) in [5.41, 5.74) is 0.535. The average molecular weight is 271 g/mol. The molecule has 104 valence electrons. The van der Waals surface area contributed by atoms with Crippen molar-refractivity contribution in [3.05, 3.63) is 52.4 Å². The topological polar surface area (TPSA) is 74.8 Å².